The van der Waals surface area contributed by atoms with Gasteiger partial charge in [-0.2, -0.15) is 0 Å². The van der Waals surface area contributed by atoms with Gasteiger partial charge in [-0.25, -0.2) is 4.79 Å². The van der Waals surface area contributed by atoms with Crippen molar-refractivity contribution < 1.29 is 4.79 Å². The van der Waals surface area contributed by atoms with Crippen LogP contribution in [0.5, 0.6) is 0 Å². The van der Waals surface area contributed by atoms with Gasteiger partial charge in [0.25, 0.3) is 5.56 Å². The Morgan fingerprint density at radius 1 is 1.15 bits per heavy atom. The van der Waals surface area contributed by atoms with Crippen LogP contribution >= 0.6 is 0 Å². The SMILES string of the molecule is CCc1ccc(NC(=O)Cc2cc(=O)[nH]c(=O)[nH]2)cc1. The van der Waals surface area contributed by atoms with Crippen LogP contribution in [0.25, 0.3) is 0 Å². The van der Waals surface area contributed by atoms with Gasteiger partial charge in [-0.1, -0.05) is 19.1 Å². The molecule has 0 unspecified atom stereocenters. The molecule has 1 amide bonds. The molecular weight excluding hydrogens is 258 g/mol. The molecule has 104 valence electrons. The number of aromatic nitrogens is 2. The van der Waals surface area contributed by atoms with E-state index in [1.54, 1.807) is 0 Å². The molecule has 2 aromatic rings. The van der Waals surface area contributed by atoms with Crippen LogP contribution in [-0.4, -0.2) is 15.9 Å². The van der Waals surface area contributed by atoms with E-state index in [0.29, 0.717) is 5.69 Å². The summed E-state index contributed by atoms with van der Waals surface area (Å²) >= 11 is 0. The van der Waals surface area contributed by atoms with Crippen molar-refractivity contribution in [3.05, 3.63) is 62.4 Å². The molecule has 0 saturated carbocycles. The third-order valence-electron chi connectivity index (χ3n) is 2.81. The highest BCUT2D eigenvalue weighted by Crippen LogP contribution is 2.10. The normalized spacial score (nSPS) is 10.2. The number of nitrogens with one attached hydrogen (secondary N) is 3. The summed E-state index contributed by atoms with van der Waals surface area (Å²) < 4.78 is 0. The first-order valence-corrected chi connectivity index (χ1v) is 6.28. The summed E-state index contributed by atoms with van der Waals surface area (Å²) in [6.45, 7) is 2.05. The number of amides is 1. The molecule has 3 N–H and O–H groups in total. The number of aromatic amines is 2. The predicted molar refractivity (Wildman–Crippen MR) is 75.8 cm³/mol. The number of rotatable bonds is 4. The average molecular weight is 273 g/mol. The Morgan fingerprint density at radius 3 is 2.45 bits per heavy atom. The number of carbonyl (C=O) groups is 1. The highest BCUT2D eigenvalue weighted by molar-refractivity contribution is 5.91. The zero-order valence-corrected chi connectivity index (χ0v) is 11.0. The van der Waals surface area contributed by atoms with E-state index >= 15 is 0 Å². The molecule has 0 saturated heterocycles. The number of carbonyl (C=O) groups excluding carboxylic acids is 1. The first kappa shape index (κ1) is 13.8. The summed E-state index contributed by atoms with van der Waals surface area (Å²) in [6, 6.07) is 8.70. The Morgan fingerprint density at radius 2 is 1.85 bits per heavy atom. The Labute approximate surface area is 114 Å². The van der Waals surface area contributed by atoms with Crippen molar-refractivity contribution in [2.24, 2.45) is 0 Å². The number of H-pyrrole nitrogens is 2. The molecule has 0 spiro atoms. The molecule has 0 radical (unpaired) electrons. The number of anilines is 1. The van der Waals surface area contributed by atoms with Gasteiger partial charge < -0.3 is 10.3 Å². The van der Waals surface area contributed by atoms with Crippen molar-refractivity contribution in [2.75, 3.05) is 5.32 Å². The number of aryl methyl sites for hydroxylation is 1. The van der Waals surface area contributed by atoms with Crippen LogP contribution in [0.15, 0.2) is 39.9 Å². The van der Waals surface area contributed by atoms with Crippen molar-refractivity contribution in [1.29, 1.82) is 0 Å². The van der Waals surface area contributed by atoms with Crippen LogP contribution < -0.4 is 16.6 Å². The van der Waals surface area contributed by atoms with Gasteiger partial charge in [-0.05, 0) is 24.1 Å². The number of hydrogen-bond donors (Lipinski definition) is 3. The van der Waals surface area contributed by atoms with Crippen LogP contribution in [0.2, 0.25) is 0 Å². The molecule has 0 fully saturated rings. The maximum atomic E-state index is 11.8. The monoisotopic (exact) mass is 273 g/mol. The topological polar surface area (TPSA) is 94.8 Å². The van der Waals surface area contributed by atoms with E-state index in [1.807, 2.05) is 29.2 Å². The molecule has 6 heteroatoms. The molecule has 0 aliphatic heterocycles. The summed E-state index contributed by atoms with van der Waals surface area (Å²) in [7, 11) is 0. The summed E-state index contributed by atoms with van der Waals surface area (Å²) in [6.07, 6.45) is 0.872. The van der Waals surface area contributed by atoms with E-state index in [9.17, 15) is 14.4 Å². The Balaban J connectivity index is 2.04. The van der Waals surface area contributed by atoms with Gasteiger partial charge in [0.15, 0.2) is 0 Å². The largest absolute Gasteiger partial charge is 0.326 e. The van der Waals surface area contributed by atoms with Crippen molar-refractivity contribution in [3.8, 4) is 0 Å². The molecule has 2 rings (SSSR count). The number of hydrogen-bond acceptors (Lipinski definition) is 3. The Kier molecular flexibility index (Phi) is 4.14. The van der Waals surface area contributed by atoms with Crippen LogP contribution in [-0.2, 0) is 17.6 Å². The third-order valence-corrected chi connectivity index (χ3v) is 2.81. The lowest BCUT2D eigenvalue weighted by Crippen LogP contribution is -2.25. The third kappa shape index (κ3) is 3.68. The minimum absolute atomic E-state index is 0.0608. The van der Waals surface area contributed by atoms with Gasteiger partial charge in [0, 0.05) is 17.4 Å². The second-order valence-corrected chi connectivity index (χ2v) is 4.39. The molecule has 0 atom stereocenters. The minimum atomic E-state index is -0.618. The zero-order valence-electron chi connectivity index (χ0n) is 11.0. The Hall–Kier alpha value is -2.63. The van der Waals surface area contributed by atoms with Crippen LogP contribution in [0.1, 0.15) is 18.2 Å². The maximum absolute atomic E-state index is 11.8. The van der Waals surface area contributed by atoms with Crippen LogP contribution in [0.3, 0.4) is 0 Å². The zero-order chi connectivity index (χ0) is 14.5. The summed E-state index contributed by atoms with van der Waals surface area (Å²) in [5, 5.41) is 2.71. The van der Waals surface area contributed by atoms with E-state index in [4.69, 9.17) is 0 Å². The van der Waals surface area contributed by atoms with Gasteiger partial charge in [0.2, 0.25) is 5.91 Å². The van der Waals surface area contributed by atoms with E-state index in [-0.39, 0.29) is 18.0 Å². The second kappa shape index (κ2) is 6.01. The minimum Gasteiger partial charge on any atom is -0.326 e. The molecule has 1 aromatic heterocycles. The quantitative estimate of drug-likeness (QED) is 0.769. The first-order chi connectivity index (χ1) is 9.56. The van der Waals surface area contributed by atoms with E-state index < -0.39 is 11.2 Å². The van der Waals surface area contributed by atoms with Gasteiger partial charge in [0.1, 0.15) is 0 Å². The highest BCUT2D eigenvalue weighted by Gasteiger charge is 2.06. The van der Waals surface area contributed by atoms with Crippen LogP contribution in [0, 0.1) is 0 Å². The second-order valence-electron chi connectivity index (χ2n) is 4.39. The lowest BCUT2D eigenvalue weighted by atomic mass is 10.1. The fraction of sp³-hybridized carbons (Fsp3) is 0.214. The summed E-state index contributed by atoms with van der Waals surface area (Å²) in [4.78, 5) is 38.5. The van der Waals surface area contributed by atoms with Crippen molar-refractivity contribution in [3.63, 3.8) is 0 Å². The molecule has 20 heavy (non-hydrogen) atoms. The first-order valence-electron chi connectivity index (χ1n) is 6.28. The van der Waals surface area contributed by atoms with E-state index in [2.05, 4.69) is 17.2 Å². The lowest BCUT2D eigenvalue weighted by Gasteiger charge is -2.05. The van der Waals surface area contributed by atoms with Crippen molar-refractivity contribution in [1.82, 2.24) is 9.97 Å². The molecule has 0 aliphatic carbocycles. The van der Waals surface area contributed by atoms with Crippen molar-refractivity contribution >= 4 is 11.6 Å². The average Bonchev–Trinajstić information content (AvgIpc) is 2.38. The molecular formula is C14H15N3O3. The van der Waals surface area contributed by atoms with Gasteiger partial charge in [0.05, 0.1) is 6.42 Å². The van der Waals surface area contributed by atoms with E-state index in [1.165, 1.54) is 11.6 Å². The molecule has 0 aliphatic rings. The van der Waals surface area contributed by atoms with Gasteiger partial charge in [-0.15, -0.1) is 0 Å². The molecule has 0 bridgehead atoms. The van der Waals surface area contributed by atoms with Crippen LogP contribution in [0.4, 0.5) is 5.69 Å². The number of benzene rings is 1. The predicted octanol–water partition coefficient (Wildman–Crippen LogP) is 0.807. The fourth-order valence-electron chi connectivity index (χ4n) is 1.82. The smallest absolute Gasteiger partial charge is 0.325 e. The summed E-state index contributed by atoms with van der Waals surface area (Å²) in [5.74, 6) is -0.296. The highest BCUT2D eigenvalue weighted by atomic mass is 16.2. The van der Waals surface area contributed by atoms with E-state index in [0.717, 1.165) is 6.42 Å². The maximum Gasteiger partial charge on any atom is 0.325 e. The fourth-order valence-corrected chi connectivity index (χ4v) is 1.82. The molecule has 1 aromatic carbocycles. The molecule has 1 heterocycles. The van der Waals surface area contributed by atoms with Gasteiger partial charge >= 0.3 is 5.69 Å². The lowest BCUT2D eigenvalue weighted by molar-refractivity contribution is -0.115. The molecule has 6 nitrogen and oxygen atoms in total. The standard InChI is InChI=1S/C14H15N3O3/c1-2-9-3-5-10(6-4-9)15-12(18)7-11-8-13(19)17-14(20)16-11/h3-6,8H,2,7H2,1H3,(H,15,18)(H2,16,17,19,20). The summed E-state index contributed by atoms with van der Waals surface area (Å²) in [5.41, 5.74) is 0.999. The van der Waals surface area contributed by atoms with Gasteiger partial charge in [-0.3, -0.25) is 14.6 Å². The van der Waals surface area contributed by atoms with Crippen molar-refractivity contribution in [2.45, 2.75) is 19.8 Å². The Bertz CT molecular complexity index is 685.